The molecule has 0 saturated heterocycles. The summed E-state index contributed by atoms with van der Waals surface area (Å²) in [6, 6.07) is 11.1. The van der Waals surface area contributed by atoms with Gasteiger partial charge in [0.25, 0.3) is 10.0 Å². The van der Waals surface area contributed by atoms with Crippen molar-refractivity contribution in [3.63, 3.8) is 0 Å². The van der Waals surface area contributed by atoms with Crippen molar-refractivity contribution in [3.8, 4) is 0 Å². The van der Waals surface area contributed by atoms with Gasteiger partial charge in [-0.15, -0.1) is 11.3 Å². The number of rotatable bonds is 7. The second-order valence-corrected chi connectivity index (χ2v) is 10.8. The van der Waals surface area contributed by atoms with E-state index in [1.807, 2.05) is 31.2 Å². The molecule has 148 valence electrons. The van der Waals surface area contributed by atoms with Gasteiger partial charge in [-0.2, -0.15) is 0 Å². The summed E-state index contributed by atoms with van der Waals surface area (Å²) in [5, 5.41) is 13.1. The van der Waals surface area contributed by atoms with E-state index >= 15 is 0 Å². The minimum atomic E-state index is -3.61. The zero-order valence-corrected chi connectivity index (χ0v) is 17.8. The third kappa shape index (κ3) is 3.47. The van der Waals surface area contributed by atoms with Crippen molar-refractivity contribution in [3.05, 3.63) is 47.5 Å². The Labute approximate surface area is 172 Å². The molecule has 0 amide bonds. The quantitative estimate of drug-likeness (QED) is 0.593. The number of thioether (sulfide) groups is 1. The van der Waals surface area contributed by atoms with Crippen LogP contribution in [-0.2, 0) is 10.0 Å². The van der Waals surface area contributed by atoms with Crippen molar-refractivity contribution in [2.45, 2.75) is 22.8 Å². The smallest absolute Gasteiger partial charge is 0.273 e. The lowest BCUT2D eigenvalue weighted by Gasteiger charge is -2.22. The summed E-state index contributed by atoms with van der Waals surface area (Å²) in [5.41, 5.74) is 2.31. The molecule has 1 aliphatic rings. The van der Waals surface area contributed by atoms with E-state index in [2.05, 4.69) is 9.98 Å². The maximum Gasteiger partial charge on any atom is 0.273 e. The molecule has 28 heavy (non-hydrogen) atoms. The summed E-state index contributed by atoms with van der Waals surface area (Å²) in [6.07, 6.45) is 0.714. The highest BCUT2D eigenvalue weighted by Gasteiger charge is 2.27. The Morgan fingerprint density at radius 1 is 1.32 bits per heavy atom. The number of H-pyrrole nitrogens is 1. The van der Waals surface area contributed by atoms with Crippen LogP contribution in [0.25, 0.3) is 10.9 Å². The first-order chi connectivity index (χ1) is 13.5. The number of aromatic nitrogens is 1. The second kappa shape index (κ2) is 7.90. The average molecular weight is 436 g/mol. The molecule has 0 saturated carbocycles. The first-order valence-corrected chi connectivity index (χ1v) is 12.2. The van der Waals surface area contributed by atoms with Crippen molar-refractivity contribution >= 4 is 54.8 Å². The summed E-state index contributed by atoms with van der Waals surface area (Å²) in [4.78, 5) is 7.98. The van der Waals surface area contributed by atoms with Crippen LogP contribution in [0.15, 0.2) is 51.0 Å². The number of anilines is 1. The molecule has 4 rings (SSSR count). The maximum atomic E-state index is 13.1. The Hall–Kier alpha value is -1.81. The molecule has 1 unspecified atom stereocenters. The summed E-state index contributed by atoms with van der Waals surface area (Å²) >= 11 is 2.88. The minimum Gasteiger partial charge on any atom is -0.396 e. The number of aliphatic hydroxyl groups excluding tert-OH is 1. The van der Waals surface area contributed by atoms with Gasteiger partial charge in [0.2, 0.25) is 0 Å². The number of thiophene rings is 1. The fourth-order valence-corrected chi connectivity index (χ4v) is 6.98. The summed E-state index contributed by atoms with van der Waals surface area (Å²) in [7, 11) is -3.61. The molecule has 0 aliphatic carbocycles. The molecule has 1 aromatic carbocycles. The molecule has 3 aromatic rings. The van der Waals surface area contributed by atoms with Gasteiger partial charge in [0.1, 0.15) is 9.25 Å². The van der Waals surface area contributed by atoms with Gasteiger partial charge in [0.15, 0.2) is 0 Å². The Bertz CT molecular complexity index is 1100. The maximum absolute atomic E-state index is 13.1. The van der Waals surface area contributed by atoms with Crippen molar-refractivity contribution in [1.82, 2.24) is 4.98 Å². The van der Waals surface area contributed by atoms with Gasteiger partial charge in [0.05, 0.1) is 23.4 Å². The highest BCUT2D eigenvalue weighted by atomic mass is 32.2. The van der Waals surface area contributed by atoms with Gasteiger partial charge in [-0.25, -0.2) is 8.42 Å². The molecule has 9 heteroatoms. The Morgan fingerprint density at radius 3 is 2.89 bits per heavy atom. The van der Waals surface area contributed by atoms with Crippen LogP contribution in [0.4, 0.5) is 5.69 Å². The first kappa shape index (κ1) is 19.5. The number of aromatic amines is 1. The zero-order valence-electron chi connectivity index (χ0n) is 15.3. The van der Waals surface area contributed by atoms with Crippen molar-refractivity contribution in [1.29, 1.82) is 0 Å². The number of hydrogen-bond donors (Lipinski definition) is 2. The number of nitrogens with zero attached hydrogens (tertiary/aromatic N) is 2. The third-order valence-corrected chi connectivity index (χ3v) is 9.18. The van der Waals surface area contributed by atoms with E-state index in [0.29, 0.717) is 29.4 Å². The van der Waals surface area contributed by atoms with Crippen molar-refractivity contribution < 1.29 is 13.5 Å². The van der Waals surface area contributed by atoms with Crippen LogP contribution in [-0.4, -0.2) is 48.5 Å². The first-order valence-electron chi connectivity index (χ1n) is 9.05. The fourth-order valence-electron chi connectivity index (χ4n) is 3.31. The van der Waals surface area contributed by atoms with E-state index in [-0.39, 0.29) is 11.9 Å². The van der Waals surface area contributed by atoms with E-state index < -0.39 is 10.0 Å². The van der Waals surface area contributed by atoms with E-state index in [4.69, 9.17) is 5.11 Å². The van der Waals surface area contributed by atoms with Crippen molar-refractivity contribution in [2.24, 2.45) is 4.99 Å². The summed E-state index contributed by atoms with van der Waals surface area (Å²) < 4.78 is 28.0. The van der Waals surface area contributed by atoms with Crippen molar-refractivity contribution in [2.75, 3.05) is 24.0 Å². The highest BCUT2D eigenvalue weighted by molar-refractivity contribution is 8.15. The molecule has 3 heterocycles. The number of nitrogens with one attached hydrogen (secondary N) is 1. The Morgan fingerprint density at radius 2 is 2.18 bits per heavy atom. The number of hydrogen-bond acceptors (Lipinski definition) is 6. The van der Waals surface area contributed by atoms with Gasteiger partial charge in [-0.1, -0.05) is 30.0 Å². The van der Waals surface area contributed by atoms with Crippen LogP contribution in [0.5, 0.6) is 0 Å². The van der Waals surface area contributed by atoms with Crippen LogP contribution < -0.4 is 4.31 Å². The number of benzene rings is 1. The molecule has 1 aliphatic heterocycles. The van der Waals surface area contributed by atoms with Gasteiger partial charge >= 0.3 is 0 Å². The Kier molecular flexibility index (Phi) is 5.50. The molecule has 0 spiro atoms. The van der Waals surface area contributed by atoms with E-state index in [1.165, 1.54) is 15.6 Å². The molecule has 1 atom stereocenters. The lowest BCUT2D eigenvalue weighted by atomic mass is 10.2. The van der Waals surface area contributed by atoms with Crippen LogP contribution in [0.2, 0.25) is 0 Å². The number of fused-ring (bicyclic) bond motifs is 1. The molecule has 6 nitrogen and oxygen atoms in total. The predicted octanol–water partition coefficient (Wildman–Crippen LogP) is 3.69. The van der Waals surface area contributed by atoms with Crippen LogP contribution in [0.1, 0.15) is 19.0 Å². The number of aliphatic imine (C=N–C) groups is 1. The number of aliphatic hydroxyl groups is 1. The molecule has 2 aromatic heterocycles. The second-order valence-electron chi connectivity index (χ2n) is 6.42. The van der Waals surface area contributed by atoms with Gasteiger partial charge in [0, 0.05) is 23.8 Å². The molecule has 0 fully saturated rings. The lowest BCUT2D eigenvalue weighted by molar-refractivity contribution is 0.288. The zero-order chi connectivity index (χ0) is 19.7. The summed E-state index contributed by atoms with van der Waals surface area (Å²) in [5.74, 6) is 0. The predicted molar refractivity (Wildman–Crippen MR) is 117 cm³/mol. The third-order valence-electron chi connectivity index (χ3n) is 4.63. The van der Waals surface area contributed by atoms with Crippen LogP contribution in [0.3, 0.4) is 0 Å². The monoisotopic (exact) mass is 435 g/mol. The van der Waals surface area contributed by atoms with Gasteiger partial charge < -0.3 is 10.1 Å². The summed E-state index contributed by atoms with van der Waals surface area (Å²) in [6.45, 7) is 3.02. The highest BCUT2D eigenvalue weighted by Crippen LogP contribution is 2.34. The minimum absolute atomic E-state index is 0.156. The number of sulfonamides is 1. The average Bonchev–Trinajstić information content (AvgIpc) is 3.42. The number of para-hydroxylation sites is 1. The molecule has 2 N–H and O–H groups in total. The molecular formula is C19H21N3O3S3. The lowest BCUT2D eigenvalue weighted by Crippen LogP contribution is -2.30. The topological polar surface area (TPSA) is 85.8 Å². The largest absolute Gasteiger partial charge is 0.396 e. The van der Waals surface area contributed by atoms with E-state index in [0.717, 1.165) is 21.6 Å². The fraction of sp³-hybridized carbons (Fsp3) is 0.316. The van der Waals surface area contributed by atoms with E-state index in [1.54, 1.807) is 29.3 Å². The van der Waals surface area contributed by atoms with Crippen LogP contribution >= 0.6 is 23.1 Å². The van der Waals surface area contributed by atoms with Gasteiger partial charge in [-0.05, 0) is 36.9 Å². The van der Waals surface area contributed by atoms with Crippen LogP contribution in [0, 0.1) is 0 Å². The Balaban J connectivity index is 1.73. The van der Waals surface area contributed by atoms with Gasteiger partial charge in [-0.3, -0.25) is 9.30 Å². The normalized spacial score (nSPS) is 17.2. The van der Waals surface area contributed by atoms with E-state index in [9.17, 15) is 8.42 Å². The SMILES string of the molecule is CCN(c1cccc2cc(C3=NCC(CCO)S3)[nH]c12)S(=O)(=O)c1cccs1. The molecular weight excluding hydrogens is 414 g/mol. The molecule has 0 radical (unpaired) electrons. The standard InChI is InChI=1S/C19H21N3O3S3/c1-2-22(28(24,25)17-7-4-10-26-17)16-6-3-5-13-11-15(21-18(13)16)19-20-12-14(27-19)8-9-23/h3-7,10-11,14,21,23H,2,8-9,12H2,1H3. The molecule has 0 bridgehead atoms.